The van der Waals surface area contributed by atoms with E-state index in [9.17, 15) is 4.39 Å². The minimum absolute atomic E-state index is 0.288. The molecule has 3 nitrogen and oxygen atoms in total. The largest absolute Gasteiger partial charge is 0.370 e. The molecule has 1 heterocycles. The normalized spacial score (nSPS) is 10.7. The average molecular weight is 338 g/mol. The first-order chi connectivity index (χ1) is 9.56. The predicted molar refractivity (Wildman–Crippen MR) is 83.4 cm³/mol. The van der Waals surface area contributed by atoms with Gasteiger partial charge in [0.25, 0.3) is 0 Å². The van der Waals surface area contributed by atoms with Crippen LogP contribution in [0.5, 0.6) is 0 Å². The number of aryl methyl sites for hydroxylation is 1. The van der Waals surface area contributed by atoms with Gasteiger partial charge in [-0.15, -0.1) is 0 Å². The van der Waals surface area contributed by atoms with E-state index >= 15 is 0 Å². The first kappa shape index (κ1) is 14.9. The van der Waals surface area contributed by atoms with Crippen LogP contribution in [0.3, 0.4) is 0 Å². The van der Waals surface area contributed by atoms with Crippen molar-refractivity contribution in [2.24, 2.45) is 0 Å². The lowest BCUT2D eigenvalue weighted by molar-refractivity contribution is 0.621. The van der Waals surface area contributed by atoms with Gasteiger partial charge >= 0.3 is 0 Å². The monoisotopic (exact) mass is 337 g/mol. The number of benzene rings is 1. The quantitative estimate of drug-likeness (QED) is 0.901. The smallest absolute Gasteiger partial charge is 0.161 e. The molecule has 1 aromatic carbocycles. The number of nitrogens with one attached hydrogen (secondary N) is 1. The molecule has 0 saturated carbocycles. The minimum atomic E-state index is -0.288. The van der Waals surface area contributed by atoms with Gasteiger partial charge in [0.1, 0.15) is 11.6 Å². The Morgan fingerprint density at radius 1 is 1.25 bits per heavy atom. The van der Waals surface area contributed by atoms with Crippen LogP contribution in [0.25, 0.3) is 11.4 Å². The Morgan fingerprint density at radius 3 is 2.60 bits per heavy atom. The van der Waals surface area contributed by atoms with E-state index in [0.717, 1.165) is 35.6 Å². The Kier molecular flexibility index (Phi) is 4.70. The maximum absolute atomic E-state index is 13.3. The van der Waals surface area contributed by atoms with E-state index in [-0.39, 0.29) is 5.82 Å². The van der Waals surface area contributed by atoms with E-state index in [1.54, 1.807) is 12.1 Å². The van der Waals surface area contributed by atoms with E-state index in [0.29, 0.717) is 10.3 Å². The summed E-state index contributed by atoms with van der Waals surface area (Å²) in [4.78, 5) is 9.13. The van der Waals surface area contributed by atoms with Gasteiger partial charge in [-0.3, -0.25) is 0 Å². The molecular weight excluding hydrogens is 321 g/mol. The zero-order valence-electron chi connectivity index (χ0n) is 11.8. The molecular formula is C15H17BrFN3. The number of halogens is 2. The summed E-state index contributed by atoms with van der Waals surface area (Å²) in [7, 11) is 0. The summed E-state index contributed by atoms with van der Waals surface area (Å²) in [5.74, 6) is 1.17. The summed E-state index contributed by atoms with van der Waals surface area (Å²) in [6.45, 7) is 6.91. The topological polar surface area (TPSA) is 37.8 Å². The van der Waals surface area contributed by atoms with Gasteiger partial charge in [-0.25, -0.2) is 14.4 Å². The standard InChI is InChI=1S/C15H17BrFN3/c1-4-13-9(3)14(18-5-2)20-15(19-13)10-6-7-12(17)11(16)8-10/h6-8H,4-5H2,1-3H3,(H,18,19,20). The molecule has 0 unspecified atom stereocenters. The van der Waals surface area contributed by atoms with Gasteiger partial charge in [-0.1, -0.05) is 6.92 Å². The number of aromatic nitrogens is 2. The van der Waals surface area contributed by atoms with Crippen molar-refractivity contribution in [3.8, 4) is 11.4 Å². The Morgan fingerprint density at radius 2 is 2.00 bits per heavy atom. The predicted octanol–water partition coefficient (Wildman–Crippen LogP) is 4.35. The van der Waals surface area contributed by atoms with E-state index in [4.69, 9.17) is 0 Å². The highest BCUT2D eigenvalue weighted by molar-refractivity contribution is 9.10. The van der Waals surface area contributed by atoms with Crippen LogP contribution in [-0.2, 0) is 6.42 Å². The molecule has 5 heteroatoms. The Bertz CT molecular complexity index is 629. The Hall–Kier alpha value is -1.49. The van der Waals surface area contributed by atoms with Crippen LogP contribution in [0.2, 0.25) is 0 Å². The number of hydrogen-bond donors (Lipinski definition) is 1. The third-order valence-corrected chi connectivity index (χ3v) is 3.71. The molecule has 0 spiro atoms. The zero-order chi connectivity index (χ0) is 14.7. The number of nitrogens with zero attached hydrogens (tertiary/aromatic N) is 2. The molecule has 0 amide bonds. The second-order valence-corrected chi connectivity index (χ2v) is 5.33. The molecule has 0 aliphatic heterocycles. The lowest BCUT2D eigenvalue weighted by Crippen LogP contribution is -2.07. The van der Waals surface area contributed by atoms with Crippen molar-refractivity contribution in [2.45, 2.75) is 27.2 Å². The summed E-state index contributed by atoms with van der Waals surface area (Å²) >= 11 is 3.20. The fourth-order valence-corrected chi connectivity index (χ4v) is 2.39. The first-order valence-electron chi connectivity index (χ1n) is 6.63. The van der Waals surface area contributed by atoms with Crippen LogP contribution < -0.4 is 5.32 Å². The van der Waals surface area contributed by atoms with Crippen LogP contribution in [-0.4, -0.2) is 16.5 Å². The summed E-state index contributed by atoms with van der Waals surface area (Å²) < 4.78 is 13.7. The molecule has 0 radical (unpaired) electrons. The third kappa shape index (κ3) is 2.98. The summed E-state index contributed by atoms with van der Waals surface area (Å²) in [6, 6.07) is 4.82. The molecule has 20 heavy (non-hydrogen) atoms. The summed E-state index contributed by atoms with van der Waals surface area (Å²) in [6.07, 6.45) is 0.835. The fourth-order valence-electron chi connectivity index (χ4n) is 2.01. The second-order valence-electron chi connectivity index (χ2n) is 4.48. The Balaban J connectivity index is 2.55. The Labute approximate surface area is 126 Å². The van der Waals surface area contributed by atoms with Crippen molar-refractivity contribution in [1.82, 2.24) is 9.97 Å². The van der Waals surface area contributed by atoms with Crippen LogP contribution in [0.15, 0.2) is 22.7 Å². The van der Waals surface area contributed by atoms with Crippen molar-refractivity contribution >= 4 is 21.7 Å². The average Bonchev–Trinajstić information content (AvgIpc) is 2.44. The molecule has 0 atom stereocenters. The van der Waals surface area contributed by atoms with Gasteiger partial charge in [0.2, 0.25) is 0 Å². The van der Waals surface area contributed by atoms with Crippen LogP contribution in [0, 0.1) is 12.7 Å². The maximum atomic E-state index is 13.3. The molecule has 0 aliphatic rings. The molecule has 2 aromatic rings. The van der Waals surface area contributed by atoms with Gasteiger partial charge < -0.3 is 5.32 Å². The van der Waals surface area contributed by atoms with Gasteiger partial charge in [0.05, 0.1) is 4.47 Å². The van der Waals surface area contributed by atoms with E-state index in [2.05, 4.69) is 38.1 Å². The number of anilines is 1. The molecule has 0 bridgehead atoms. The van der Waals surface area contributed by atoms with Gasteiger partial charge in [0, 0.05) is 23.4 Å². The van der Waals surface area contributed by atoms with Crippen molar-refractivity contribution in [3.63, 3.8) is 0 Å². The molecule has 0 fully saturated rings. The van der Waals surface area contributed by atoms with E-state index in [1.165, 1.54) is 6.07 Å². The molecule has 2 rings (SSSR count). The molecule has 0 aliphatic carbocycles. The zero-order valence-corrected chi connectivity index (χ0v) is 13.4. The van der Waals surface area contributed by atoms with Gasteiger partial charge in [-0.2, -0.15) is 0 Å². The highest BCUT2D eigenvalue weighted by Gasteiger charge is 2.12. The van der Waals surface area contributed by atoms with Crippen molar-refractivity contribution in [3.05, 3.63) is 39.7 Å². The van der Waals surface area contributed by atoms with E-state index < -0.39 is 0 Å². The minimum Gasteiger partial charge on any atom is -0.370 e. The van der Waals surface area contributed by atoms with Crippen LogP contribution in [0.4, 0.5) is 10.2 Å². The van der Waals surface area contributed by atoms with Gasteiger partial charge in [-0.05, 0) is 54.4 Å². The van der Waals surface area contributed by atoms with Crippen molar-refractivity contribution < 1.29 is 4.39 Å². The summed E-state index contributed by atoms with van der Waals surface area (Å²) in [5.41, 5.74) is 2.87. The molecule has 1 N–H and O–H groups in total. The summed E-state index contributed by atoms with van der Waals surface area (Å²) in [5, 5.41) is 3.25. The highest BCUT2D eigenvalue weighted by atomic mass is 79.9. The maximum Gasteiger partial charge on any atom is 0.161 e. The lowest BCUT2D eigenvalue weighted by Gasteiger charge is -2.12. The second kappa shape index (κ2) is 6.31. The fraction of sp³-hybridized carbons (Fsp3) is 0.333. The van der Waals surface area contributed by atoms with Crippen LogP contribution >= 0.6 is 15.9 Å². The SMILES string of the molecule is CCNc1nc(-c2ccc(F)c(Br)c2)nc(CC)c1C. The van der Waals surface area contributed by atoms with E-state index in [1.807, 2.05) is 13.8 Å². The highest BCUT2D eigenvalue weighted by Crippen LogP contribution is 2.26. The lowest BCUT2D eigenvalue weighted by atomic mass is 10.1. The molecule has 1 aromatic heterocycles. The first-order valence-corrected chi connectivity index (χ1v) is 7.42. The molecule has 0 saturated heterocycles. The van der Waals surface area contributed by atoms with Gasteiger partial charge in [0.15, 0.2) is 5.82 Å². The third-order valence-electron chi connectivity index (χ3n) is 3.10. The number of hydrogen-bond acceptors (Lipinski definition) is 3. The molecule has 106 valence electrons. The number of rotatable bonds is 4. The van der Waals surface area contributed by atoms with Crippen LogP contribution in [0.1, 0.15) is 25.1 Å². The van der Waals surface area contributed by atoms with Crippen molar-refractivity contribution in [2.75, 3.05) is 11.9 Å². The van der Waals surface area contributed by atoms with Crippen molar-refractivity contribution in [1.29, 1.82) is 0 Å².